The topological polar surface area (TPSA) is 47.1 Å². The number of aryl methyl sites for hydroxylation is 1. The van der Waals surface area contributed by atoms with Gasteiger partial charge in [-0.05, 0) is 62.3 Å². The Morgan fingerprint density at radius 2 is 2.10 bits per heavy atom. The van der Waals surface area contributed by atoms with Crippen LogP contribution in [-0.4, -0.2) is 34.1 Å². The summed E-state index contributed by atoms with van der Waals surface area (Å²) in [6.07, 6.45) is 2.07. The lowest BCUT2D eigenvalue weighted by Gasteiger charge is -2.20. The SMILES string of the molecule is CC(C)N(C)CCCCn1c(N)nc2cc(Br)c(F)cc21. The van der Waals surface area contributed by atoms with Crippen LogP contribution in [0, 0.1) is 5.82 Å². The average Bonchev–Trinajstić information content (AvgIpc) is 2.70. The number of fused-ring (bicyclic) bond motifs is 1. The van der Waals surface area contributed by atoms with Gasteiger partial charge in [0.25, 0.3) is 0 Å². The number of hydrogen-bond acceptors (Lipinski definition) is 3. The van der Waals surface area contributed by atoms with Crippen molar-refractivity contribution in [3.8, 4) is 0 Å². The Hall–Kier alpha value is -1.14. The van der Waals surface area contributed by atoms with E-state index in [9.17, 15) is 4.39 Å². The molecule has 0 saturated heterocycles. The second-order valence-corrected chi connectivity index (χ2v) is 6.51. The highest BCUT2D eigenvalue weighted by Crippen LogP contribution is 2.25. The van der Waals surface area contributed by atoms with Crippen molar-refractivity contribution in [2.24, 2.45) is 0 Å². The van der Waals surface area contributed by atoms with E-state index in [-0.39, 0.29) is 5.82 Å². The zero-order valence-electron chi connectivity index (χ0n) is 12.7. The van der Waals surface area contributed by atoms with Crippen molar-refractivity contribution in [1.29, 1.82) is 0 Å². The summed E-state index contributed by atoms with van der Waals surface area (Å²) in [7, 11) is 2.12. The summed E-state index contributed by atoms with van der Waals surface area (Å²) < 4.78 is 16.0. The number of halogens is 2. The van der Waals surface area contributed by atoms with Crippen molar-refractivity contribution >= 4 is 32.9 Å². The van der Waals surface area contributed by atoms with Crippen molar-refractivity contribution < 1.29 is 4.39 Å². The molecule has 1 heterocycles. The molecule has 21 heavy (non-hydrogen) atoms. The van der Waals surface area contributed by atoms with E-state index in [1.165, 1.54) is 6.07 Å². The van der Waals surface area contributed by atoms with E-state index in [1.54, 1.807) is 6.07 Å². The summed E-state index contributed by atoms with van der Waals surface area (Å²) in [5, 5.41) is 0. The maximum absolute atomic E-state index is 13.7. The second kappa shape index (κ2) is 6.75. The van der Waals surface area contributed by atoms with Crippen LogP contribution in [0.2, 0.25) is 0 Å². The third kappa shape index (κ3) is 3.74. The molecular weight excluding hydrogens is 335 g/mol. The van der Waals surface area contributed by atoms with Crippen molar-refractivity contribution in [3.05, 3.63) is 22.4 Å². The van der Waals surface area contributed by atoms with Gasteiger partial charge in [0.1, 0.15) is 5.82 Å². The van der Waals surface area contributed by atoms with Crippen LogP contribution in [0.5, 0.6) is 0 Å². The van der Waals surface area contributed by atoms with E-state index in [1.807, 2.05) is 4.57 Å². The summed E-state index contributed by atoms with van der Waals surface area (Å²) in [5.74, 6) is 0.155. The summed E-state index contributed by atoms with van der Waals surface area (Å²) in [6.45, 7) is 6.17. The summed E-state index contributed by atoms with van der Waals surface area (Å²) >= 11 is 3.17. The van der Waals surface area contributed by atoms with Gasteiger partial charge in [-0.3, -0.25) is 0 Å². The summed E-state index contributed by atoms with van der Waals surface area (Å²) in [5.41, 5.74) is 7.42. The van der Waals surface area contributed by atoms with Crippen molar-refractivity contribution in [2.75, 3.05) is 19.3 Å². The number of aromatic nitrogens is 2. The number of anilines is 1. The molecule has 0 bridgehead atoms. The van der Waals surface area contributed by atoms with Crippen LogP contribution in [0.3, 0.4) is 0 Å². The Labute approximate surface area is 133 Å². The molecule has 0 aliphatic rings. The average molecular weight is 357 g/mol. The summed E-state index contributed by atoms with van der Waals surface area (Å²) in [4.78, 5) is 6.60. The molecule has 0 saturated carbocycles. The van der Waals surface area contributed by atoms with E-state index < -0.39 is 0 Å². The van der Waals surface area contributed by atoms with Crippen LogP contribution in [0.1, 0.15) is 26.7 Å². The molecule has 2 N–H and O–H groups in total. The van der Waals surface area contributed by atoms with Crippen molar-refractivity contribution in [3.63, 3.8) is 0 Å². The fourth-order valence-electron chi connectivity index (χ4n) is 2.26. The van der Waals surface area contributed by atoms with Gasteiger partial charge in [0.05, 0.1) is 15.5 Å². The Kier molecular flexibility index (Phi) is 5.22. The van der Waals surface area contributed by atoms with Gasteiger partial charge in [0, 0.05) is 18.7 Å². The first-order chi connectivity index (χ1) is 9.90. The number of rotatable bonds is 6. The molecule has 0 amide bonds. The zero-order chi connectivity index (χ0) is 15.6. The van der Waals surface area contributed by atoms with Gasteiger partial charge in [0.2, 0.25) is 5.95 Å². The molecule has 6 heteroatoms. The van der Waals surface area contributed by atoms with Gasteiger partial charge < -0.3 is 15.2 Å². The Morgan fingerprint density at radius 3 is 2.76 bits per heavy atom. The molecule has 2 rings (SSSR count). The normalized spacial score (nSPS) is 12.0. The molecule has 1 aromatic heterocycles. The van der Waals surface area contributed by atoms with Crippen LogP contribution in [-0.2, 0) is 6.54 Å². The van der Waals surface area contributed by atoms with Gasteiger partial charge in [-0.2, -0.15) is 0 Å². The van der Waals surface area contributed by atoms with Crippen LogP contribution in [0.4, 0.5) is 10.3 Å². The van der Waals surface area contributed by atoms with Crippen LogP contribution >= 0.6 is 15.9 Å². The maximum Gasteiger partial charge on any atom is 0.201 e. The molecule has 4 nitrogen and oxygen atoms in total. The standard InChI is InChI=1S/C15H22BrFN4/c1-10(2)20(3)6-4-5-7-21-14-9-12(17)11(16)8-13(14)19-15(21)18/h8-10H,4-7H2,1-3H3,(H2,18,19). The van der Waals surface area contributed by atoms with Crippen LogP contribution < -0.4 is 5.73 Å². The lowest BCUT2D eigenvalue weighted by Crippen LogP contribution is -2.27. The highest BCUT2D eigenvalue weighted by atomic mass is 79.9. The molecule has 116 valence electrons. The fraction of sp³-hybridized carbons (Fsp3) is 0.533. The van der Waals surface area contributed by atoms with E-state index >= 15 is 0 Å². The van der Waals surface area contributed by atoms with Gasteiger partial charge in [-0.15, -0.1) is 0 Å². The molecule has 0 fully saturated rings. The molecule has 0 radical (unpaired) electrons. The maximum atomic E-state index is 13.7. The number of benzene rings is 1. The number of nitrogens with zero attached hydrogens (tertiary/aromatic N) is 3. The quantitative estimate of drug-likeness (QED) is 0.803. The highest BCUT2D eigenvalue weighted by Gasteiger charge is 2.11. The number of unbranched alkanes of at least 4 members (excludes halogenated alkanes) is 1. The molecule has 0 unspecified atom stereocenters. The van der Waals surface area contributed by atoms with Crippen molar-refractivity contribution in [2.45, 2.75) is 39.3 Å². The molecule has 0 atom stereocenters. The Morgan fingerprint density at radius 1 is 1.38 bits per heavy atom. The van der Waals surface area contributed by atoms with E-state index in [2.05, 4.69) is 46.7 Å². The van der Waals surface area contributed by atoms with Crippen LogP contribution in [0.25, 0.3) is 11.0 Å². The molecule has 0 aliphatic carbocycles. The highest BCUT2D eigenvalue weighted by molar-refractivity contribution is 9.10. The number of nitrogens with two attached hydrogens (primary N) is 1. The first kappa shape index (κ1) is 16.2. The van der Waals surface area contributed by atoms with Gasteiger partial charge in [0.15, 0.2) is 0 Å². The monoisotopic (exact) mass is 356 g/mol. The second-order valence-electron chi connectivity index (χ2n) is 5.66. The first-order valence-electron chi connectivity index (χ1n) is 7.21. The minimum atomic E-state index is -0.289. The third-order valence-electron chi connectivity index (χ3n) is 3.84. The zero-order valence-corrected chi connectivity index (χ0v) is 14.3. The molecule has 2 aromatic rings. The Bertz CT molecular complexity index is 624. The Balaban J connectivity index is 2.05. The number of hydrogen-bond donors (Lipinski definition) is 1. The third-order valence-corrected chi connectivity index (χ3v) is 4.45. The molecule has 0 spiro atoms. The number of nitrogen functional groups attached to an aromatic ring is 1. The largest absolute Gasteiger partial charge is 0.369 e. The minimum absolute atomic E-state index is 0.289. The molecule has 0 aliphatic heterocycles. The van der Waals surface area contributed by atoms with Crippen LogP contribution in [0.15, 0.2) is 16.6 Å². The van der Waals surface area contributed by atoms with E-state index in [0.29, 0.717) is 16.5 Å². The predicted molar refractivity (Wildman–Crippen MR) is 88.8 cm³/mol. The van der Waals surface area contributed by atoms with Gasteiger partial charge in [-0.25, -0.2) is 9.37 Å². The van der Waals surface area contributed by atoms with Crippen molar-refractivity contribution in [1.82, 2.24) is 14.5 Å². The predicted octanol–water partition coefficient (Wildman–Crippen LogP) is 3.64. The number of imidazole rings is 1. The molecular formula is C15H22BrFN4. The first-order valence-corrected chi connectivity index (χ1v) is 8.00. The summed E-state index contributed by atoms with van der Waals surface area (Å²) in [6, 6.07) is 3.71. The van der Waals surface area contributed by atoms with Gasteiger partial charge in [-0.1, -0.05) is 0 Å². The van der Waals surface area contributed by atoms with E-state index in [4.69, 9.17) is 5.73 Å². The lowest BCUT2D eigenvalue weighted by molar-refractivity contribution is 0.266. The molecule has 1 aromatic carbocycles. The minimum Gasteiger partial charge on any atom is -0.369 e. The van der Waals surface area contributed by atoms with Gasteiger partial charge >= 0.3 is 0 Å². The van der Waals surface area contributed by atoms with E-state index in [0.717, 1.165) is 37.0 Å². The lowest BCUT2D eigenvalue weighted by atomic mass is 10.2. The fourth-order valence-corrected chi connectivity index (χ4v) is 2.59. The smallest absolute Gasteiger partial charge is 0.201 e.